The maximum atomic E-state index is 4.87. The second-order valence-corrected chi connectivity index (χ2v) is 7.63. The number of piperidine rings is 1. The number of nitrogens with one attached hydrogen (secondary N) is 1. The molecule has 1 aliphatic rings. The normalized spacial score (nSPS) is 21.4. The van der Waals surface area contributed by atoms with Gasteiger partial charge >= 0.3 is 0 Å². The monoisotopic (exact) mass is 462 g/mol. The molecular weight excluding hydrogens is 427 g/mol. The Morgan fingerprint density at radius 1 is 1.32 bits per heavy atom. The number of hydrogen-bond donors (Lipinski definition) is 1. The molecule has 1 aromatic heterocycles. The lowest BCUT2D eigenvalue weighted by Crippen LogP contribution is -2.49. The summed E-state index contributed by atoms with van der Waals surface area (Å²) in [6.45, 7) is 16.0. The molecule has 1 N–H and O–H groups in total. The van der Waals surface area contributed by atoms with E-state index in [9.17, 15) is 0 Å². The Kier molecular flexibility index (Phi) is 9.74. The zero-order valence-electron chi connectivity index (χ0n) is 16.4. The Morgan fingerprint density at radius 3 is 2.60 bits per heavy atom. The first-order chi connectivity index (χ1) is 11.5. The molecule has 6 nitrogen and oxygen atoms in total. The van der Waals surface area contributed by atoms with E-state index in [4.69, 9.17) is 4.99 Å². The highest BCUT2D eigenvalue weighted by Gasteiger charge is 2.24. The number of likely N-dealkylation sites (tertiary alicyclic amines) is 1. The lowest BCUT2D eigenvalue weighted by Gasteiger charge is -2.37. The third-order valence-electron chi connectivity index (χ3n) is 4.42. The molecule has 144 valence electrons. The van der Waals surface area contributed by atoms with Gasteiger partial charge in [-0.2, -0.15) is 0 Å². The van der Waals surface area contributed by atoms with Gasteiger partial charge in [0, 0.05) is 39.1 Å². The average Bonchev–Trinajstić information content (AvgIpc) is 2.96. The van der Waals surface area contributed by atoms with E-state index in [0.29, 0.717) is 5.92 Å². The molecule has 1 aromatic rings. The smallest absolute Gasteiger partial charge is 0.194 e. The Balaban J connectivity index is 0.00000312. The summed E-state index contributed by atoms with van der Waals surface area (Å²) in [6.07, 6.45) is 4.04. The van der Waals surface area contributed by atoms with Crippen molar-refractivity contribution < 1.29 is 0 Å². The lowest BCUT2D eigenvalue weighted by molar-refractivity contribution is 0.208. The fraction of sp³-hybridized carbons (Fsp3) is 0.833. The molecule has 0 aromatic carbocycles. The molecule has 1 saturated heterocycles. The van der Waals surface area contributed by atoms with Gasteiger partial charge in [-0.05, 0) is 24.2 Å². The first-order valence-corrected chi connectivity index (χ1v) is 9.39. The molecule has 2 rings (SSSR count). The van der Waals surface area contributed by atoms with Crippen molar-refractivity contribution in [1.29, 1.82) is 0 Å². The highest BCUT2D eigenvalue weighted by Crippen LogP contribution is 2.21. The molecule has 2 atom stereocenters. The molecule has 2 heterocycles. The highest BCUT2D eigenvalue weighted by molar-refractivity contribution is 14.0. The van der Waals surface area contributed by atoms with Crippen LogP contribution in [0, 0.1) is 17.8 Å². The van der Waals surface area contributed by atoms with Crippen molar-refractivity contribution in [3.8, 4) is 0 Å². The summed E-state index contributed by atoms with van der Waals surface area (Å²) >= 11 is 0. The fourth-order valence-corrected chi connectivity index (χ4v) is 3.40. The third-order valence-corrected chi connectivity index (χ3v) is 4.42. The van der Waals surface area contributed by atoms with Crippen LogP contribution < -0.4 is 5.32 Å². The standard InChI is InChI=1S/C18H34N6.HI/c1-6-17-22-21-13-23(17)8-7-19-18(20-10-14(2)3)24-11-15(4)9-16(5)12-24;/h13-16H,6-12H2,1-5H3,(H,19,20);1H. The minimum atomic E-state index is 0. The molecule has 0 radical (unpaired) electrons. The molecule has 0 amide bonds. The highest BCUT2D eigenvalue weighted by atomic mass is 127. The number of aromatic nitrogens is 3. The number of aliphatic imine (C=N–C) groups is 1. The van der Waals surface area contributed by atoms with Crippen LogP contribution in [0.25, 0.3) is 0 Å². The molecular formula is C18H35IN6. The Labute approximate surface area is 169 Å². The summed E-state index contributed by atoms with van der Waals surface area (Å²) in [5.41, 5.74) is 0. The van der Waals surface area contributed by atoms with Gasteiger partial charge in [0.25, 0.3) is 0 Å². The van der Waals surface area contributed by atoms with Crippen LogP contribution in [0.4, 0.5) is 0 Å². The van der Waals surface area contributed by atoms with Gasteiger partial charge in [-0.3, -0.25) is 4.99 Å². The number of hydrogen-bond acceptors (Lipinski definition) is 3. The van der Waals surface area contributed by atoms with Crippen molar-refractivity contribution >= 4 is 29.9 Å². The second-order valence-electron chi connectivity index (χ2n) is 7.63. The predicted octanol–water partition coefficient (Wildman–Crippen LogP) is 3.04. The Morgan fingerprint density at radius 2 is 2.00 bits per heavy atom. The number of halogens is 1. The number of aryl methyl sites for hydroxylation is 1. The summed E-state index contributed by atoms with van der Waals surface area (Å²) in [7, 11) is 0. The summed E-state index contributed by atoms with van der Waals surface area (Å²) < 4.78 is 2.12. The molecule has 7 heteroatoms. The maximum absolute atomic E-state index is 4.87. The van der Waals surface area contributed by atoms with Crippen molar-refractivity contribution in [2.45, 2.75) is 54.0 Å². The van der Waals surface area contributed by atoms with E-state index >= 15 is 0 Å². The SMILES string of the molecule is CCc1nncn1CCNC(=NCC(C)C)N1CC(C)CC(C)C1.I. The van der Waals surface area contributed by atoms with Gasteiger partial charge in [-0.15, -0.1) is 34.2 Å². The van der Waals surface area contributed by atoms with E-state index in [-0.39, 0.29) is 24.0 Å². The number of nitrogens with zero attached hydrogens (tertiary/aromatic N) is 5. The minimum Gasteiger partial charge on any atom is -0.354 e. The van der Waals surface area contributed by atoms with Gasteiger partial charge in [0.1, 0.15) is 12.2 Å². The summed E-state index contributed by atoms with van der Waals surface area (Å²) in [5.74, 6) is 4.13. The topological polar surface area (TPSA) is 58.3 Å². The van der Waals surface area contributed by atoms with E-state index in [1.807, 2.05) is 6.33 Å². The molecule has 0 bridgehead atoms. The molecule has 1 aliphatic heterocycles. The summed E-state index contributed by atoms with van der Waals surface area (Å²) in [5, 5.41) is 11.7. The van der Waals surface area contributed by atoms with Crippen molar-refractivity contribution in [2.75, 3.05) is 26.2 Å². The van der Waals surface area contributed by atoms with E-state index < -0.39 is 0 Å². The molecule has 0 aliphatic carbocycles. The molecule has 1 fully saturated rings. The van der Waals surface area contributed by atoms with Crippen molar-refractivity contribution in [2.24, 2.45) is 22.7 Å². The second kappa shape index (κ2) is 11.0. The van der Waals surface area contributed by atoms with Crippen LogP contribution in [0.5, 0.6) is 0 Å². The van der Waals surface area contributed by atoms with Crippen molar-refractivity contribution in [3.63, 3.8) is 0 Å². The van der Waals surface area contributed by atoms with Crippen LogP contribution >= 0.6 is 24.0 Å². The Bertz CT molecular complexity index is 517. The number of rotatable bonds is 6. The van der Waals surface area contributed by atoms with Crippen LogP contribution in [-0.2, 0) is 13.0 Å². The molecule has 2 unspecified atom stereocenters. The van der Waals surface area contributed by atoms with Gasteiger partial charge in [0.15, 0.2) is 5.96 Å². The summed E-state index contributed by atoms with van der Waals surface area (Å²) in [4.78, 5) is 7.31. The van der Waals surface area contributed by atoms with Gasteiger partial charge < -0.3 is 14.8 Å². The predicted molar refractivity (Wildman–Crippen MR) is 114 cm³/mol. The molecule has 0 spiro atoms. The minimum absolute atomic E-state index is 0. The first kappa shape index (κ1) is 22.2. The maximum Gasteiger partial charge on any atom is 0.194 e. The molecule has 0 saturated carbocycles. The van der Waals surface area contributed by atoms with Crippen LogP contribution in [0.2, 0.25) is 0 Å². The zero-order chi connectivity index (χ0) is 17.5. The third kappa shape index (κ3) is 7.11. The van der Waals surface area contributed by atoms with E-state index in [2.05, 4.69) is 59.6 Å². The van der Waals surface area contributed by atoms with Gasteiger partial charge in [0.2, 0.25) is 0 Å². The van der Waals surface area contributed by atoms with Gasteiger partial charge in [-0.1, -0.05) is 34.6 Å². The van der Waals surface area contributed by atoms with E-state index in [1.165, 1.54) is 6.42 Å². The van der Waals surface area contributed by atoms with Gasteiger partial charge in [-0.25, -0.2) is 0 Å². The van der Waals surface area contributed by atoms with Crippen molar-refractivity contribution in [1.82, 2.24) is 25.0 Å². The zero-order valence-corrected chi connectivity index (χ0v) is 18.7. The van der Waals surface area contributed by atoms with Crippen LogP contribution in [0.3, 0.4) is 0 Å². The van der Waals surface area contributed by atoms with Crippen LogP contribution in [0.15, 0.2) is 11.3 Å². The fourth-order valence-electron chi connectivity index (χ4n) is 3.40. The average molecular weight is 462 g/mol. The summed E-state index contributed by atoms with van der Waals surface area (Å²) in [6, 6.07) is 0. The quantitative estimate of drug-likeness (QED) is 0.401. The van der Waals surface area contributed by atoms with Gasteiger partial charge in [0.05, 0.1) is 0 Å². The van der Waals surface area contributed by atoms with Crippen molar-refractivity contribution in [3.05, 3.63) is 12.2 Å². The molecule has 25 heavy (non-hydrogen) atoms. The van der Waals surface area contributed by atoms with E-state index in [1.54, 1.807) is 0 Å². The number of guanidine groups is 1. The lowest BCUT2D eigenvalue weighted by atomic mass is 9.92. The van der Waals surface area contributed by atoms with Crippen LogP contribution in [0.1, 0.15) is 46.9 Å². The van der Waals surface area contributed by atoms with Crippen LogP contribution in [-0.4, -0.2) is 51.8 Å². The largest absolute Gasteiger partial charge is 0.354 e. The van der Waals surface area contributed by atoms with E-state index in [0.717, 1.165) is 62.8 Å². The Hall–Kier alpha value is -0.860. The first-order valence-electron chi connectivity index (χ1n) is 9.39.